The van der Waals surface area contributed by atoms with Gasteiger partial charge in [-0.15, -0.1) is 0 Å². The number of ether oxygens (including phenoxy) is 1. The van der Waals surface area contributed by atoms with E-state index in [1.165, 1.54) is 31.4 Å². The molecule has 0 spiro atoms. The number of hydrogen-bond acceptors (Lipinski definition) is 3. The Bertz CT molecular complexity index is 390. The van der Waals surface area contributed by atoms with Gasteiger partial charge in [0, 0.05) is 5.25 Å². The van der Waals surface area contributed by atoms with Crippen LogP contribution in [0.4, 0.5) is 0 Å². The summed E-state index contributed by atoms with van der Waals surface area (Å²) >= 11 is 2.10. The number of benzene rings is 1. The van der Waals surface area contributed by atoms with Crippen molar-refractivity contribution in [1.29, 1.82) is 5.26 Å². The fraction of sp³-hybridized carbons (Fsp3) is 0.533. The molecule has 0 aliphatic heterocycles. The highest BCUT2D eigenvalue weighted by Gasteiger charge is 2.14. The average molecular weight is 261 g/mol. The maximum atomic E-state index is 8.68. The molecule has 2 nitrogen and oxygen atoms in total. The van der Waals surface area contributed by atoms with Crippen molar-refractivity contribution in [3.05, 3.63) is 29.8 Å². The molecule has 0 amide bonds. The predicted octanol–water partition coefficient (Wildman–Crippen LogP) is 4.00. The first-order valence-corrected chi connectivity index (χ1v) is 7.68. The Hall–Kier alpha value is -1.14. The molecule has 1 aromatic carbocycles. The van der Waals surface area contributed by atoms with Crippen LogP contribution in [-0.2, 0) is 0 Å². The van der Waals surface area contributed by atoms with Crippen LogP contribution in [0.3, 0.4) is 0 Å². The van der Waals surface area contributed by atoms with Gasteiger partial charge in [0.1, 0.15) is 5.75 Å². The summed E-state index contributed by atoms with van der Waals surface area (Å²) < 4.78 is 5.65. The molecule has 1 aromatic rings. The molecule has 2 rings (SSSR count). The standard InChI is InChI=1S/C15H19NOS/c16-12-13-6-8-14(9-7-13)17-10-3-11-18-15-4-1-2-5-15/h6-9,15H,1-5,10-11H2. The lowest BCUT2D eigenvalue weighted by Gasteiger charge is -2.09. The first-order chi connectivity index (χ1) is 8.88. The largest absolute Gasteiger partial charge is 0.494 e. The summed E-state index contributed by atoms with van der Waals surface area (Å²) in [5.74, 6) is 2.06. The Morgan fingerprint density at radius 2 is 1.94 bits per heavy atom. The Kier molecular flexibility index (Phi) is 5.41. The summed E-state index contributed by atoms with van der Waals surface area (Å²) in [6, 6.07) is 9.42. The van der Waals surface area contributed by atoms with E-state index in [1.807, 2.05) is 12.1 Å². The Morgan fingerprint density at radius 1 is 1.22 bits per heavy atom. The minimum Gasteiger partial charge on any atom is -0.494 e. The maximum absolute atomic E-state index is 8.68. The molecule has 1 saturated carbocycles. The summed E-state index contributed by atoms with van der Waals surface area (Å²) in [5.41, 5.74) is 0.680. The lowest BCUT2D eigenvalue weighted by molar-refractivity contribution is 0.318. The lowest BCUT2D eigenvalue weighted by atomic mass is 10.2. The normalized spacial score (nSPS) is 15.5. The van der Waals surface area contributed by atoms with Crippen LogP contribution in [0.5, 0.6) is 5.75 Å². The van der Waals surface area contributed by atoms with Crippen molar-refractivity contribution in [3.63, 3.8) is 0 Å². The highest BCUT2D eigenvalue weighted by Crippen LogP contribution is 2.29. The minimum atomic E-state index is 0.680. The first-order valence-electron chi connectivity index (χ1n) is 6.63. The summed E-state index contributed by atoms with van der Waals surface area (Å²) in [4.78, 5) is 0. The molecule has 0 bridgehead atoms. The third-order valence-corrected chi connectivity index (χ3v) is 4.66. The second-order valence-corrected chi connectivity index (χ2v) is 6.02. The maximum Gasteiger partial charge on any atom is 0.119 e. The van der Waals surface area contributed by atoms with E-state index in [2.05, 4.69) is 17.8 Å². The van der Waals surface area contributed by atoms with Crippen molar-refractivity contribution in [3.8, 4) is 11.8 Å². The molecule has 0 atom stereocenters. The summed E-state index contributed by atoms with van der Waals surface area (Å²) in [7, 11) is 0. The van der Waals surface area contributed by atoms with Gasteiger partial charge in [-0.1, -0.05) is 12.8 Å². The zero-order valence-electron chi connectivity index (χ0n) is 10.6. The fourth-order valence-corrected chi connectivity index (χ4v) is 3.46. The topological polar surface area (TPSA) is 33.0 Å². The van der Waals surface area contributed by atoms with Gasteiger partial charge < -0.3 is 4.74 Å². The van der Waals surface area contributed by atoms with Gasteiger partial charge in [0.05, 0.1) is 18.2 Å². The minimum absolute atomic E-state index is 0.680. The molecule has 0 heterocycles. The van der Waals surface area contributed by atoms with Crippen molar-refractivity contribution in [2.75, 3.05) is 12.4 Å². The third kappa shape index (κ3) is 4.27. The highest BCUT2D eigenvalue weighted by molar-refractivity contribution is 7.99. The van der Waals surface area contributed by atoms with Crippen molar-refractivity contribution >= 4 is 11.8 Å². The molecule has 0 unspecified atom stereocenters. The second kappa shape index (κ2) is 7.33. The third-order valence-electron chi connectivity index (χ3n) is 3.20. The number of nitrogens with zero attached hydrogens (tertiary/aromatic N) is 1. The Morgan fingerprint density at radius 3 is 2.61 bits per heavy atom. The smallest absolute Gasteiger partial charge is 0.119 e. The summed E-state index contributed by atoms with van der Waals surface area (Å²) in [6.07, 6.45) is 6.74. The van der Waals surface area contributed by atoms with Crippen LogP contribution in [0.2, 0.25) is 0 Å². The molecule has 0 radical (unpaired) electrons. The quantitative estimate of drug-likeness (QED) is 0.726. The van der Waals surface area contributed by atoms with E-state index in [0.29, 0.717) is 5.56 Å². The Balaban J connectivity index is 1.58. The average Bonchev–Trinajstić information content (AvgIpc) is 2.92. The zero-order chi connectivity index (χ0) is 12.6. The van der Waals surface area contributed by atoms with Crippen molar-refractivity contribution in [2.24, 2.45) is 0 Å². The van der Waals surface area contributed by atoms with Crippen LogP contribution in [0.1, 0.15) is 37.7 Å². The molecular formula is C15H19NOS. The van der Waals surface area contributed by atoms with Gasteiger partial charge in [-0.3, -0.25) is 0 Å². The zero-order valence-corrected chi connectivity index (χ0v) is 11.4. The fourth-order valence-electron chi connectivity index (χ4n) is 2.18. The second-order valence-electron chi connectivity index (χ2n) is 4.62. The van der Waals surface area contributed by atoms with Crippen LogP contribution >= 0.6 is 11.8 Å². The molecule has 96 valence electrons. The van der Waals surface area contributed by atoms with E-state index in [-0.39, 0.29) is 0 Å². The van der Waals surface area contributed by atoms with E-state index in [1.54, 1.807) is 12.1 Å². The van der Waals surface area contributed by atoms with Crippen molar-refractivity contribution in [1.82, 2.24) is 0 Å². The SMILES string of the molecule is N#Cc1ccc(OCCCSC2CCCC2)cc1. The molecule has 18 heavy (non-hydrogen) atoms. The first kappa shape index (κ1) is 13.3. The van der Waals surface area contributed by atoms with Crippen molar-refractivity contribution in [2.45, 2.75) is 37.4 Å². The van der Waals surface area contributed by atoms with Gasteiger partial charge in [0.25, 0.3) is 0 Å². The van der Waals surface area contributed by atoms with Crippen LogP contribution in [0.25, 0.3) is 0 Å². The van der Waals surface area contributed by atoms with Crippen molar-refractivity contribution < 1.29 is 4.74 Å². The van der Waals surface area contributed by atoms with Gasteiger partial charge in [0.15, 0.2) is 0 Å². The van der Waals surface area contributed by atoms with Crippen LogP contribution in [0, 0.1) is 11.3 Å². The van der Waals surface area contributed by atoms with Crippen LogP contribution < -0.4 is 4.74 Å². The number of rotatable bonds is 6. The predicted molar refractivity (Wildman–Crippen MR) is 76.0 cm³/mol. The summed E-state index contributed by atoms with van der Waals surface area (Å²) in [5, 5.41) is 9.59. The van der Waals surface area contributed by atoms with Gasteiger partial charge in [-0.25, -0.2) is 0 Å². The van der Waals surface area contributed by atoms with Gasteiger partial charge >= 0.3 is 0 Å². The van der Waals surface area contributed by atoms with E-state index in [9.17, 15) is 0 Å². The van der Waals surface area contributed by atoms with E-state index >= 15 is 0 Å². The molecule has 1 aliphatic carbocycles. The van der Waals surface area contributed by atoms with E-state index in [4.69, 9.17) is 10.00 Å². The van der Waals surface area contributed by atoms with Crippen LogP contribution in [0.15, 0.2) is 24.3 Å². The van der Waals surface area contributed by atoms with Gasteiger partial charge in [-0.05, 0) is 49.3 Å². The number of hydrogen-bond donors (Lipinski definition) is 0. The van der Waals surface area contributed by atoms with Crippen LogP contribution in [-0.4, -0.2) is 17.6 Å². The molecular weight excluding hydrogens is 242 g/mol. The molecule has 3 heteroatoms. The molecule has 1 aliphatic rings. The Labute approximate surface area is 113 Å². The number of nitriles is 1. The molecule has 1 fully saturated rings. The van der Waals surface area contributed by atoms with E-state index in [0.717, 1.165) is 24.0 Å². The molecule has 0 saturated heterocycles. The molecule has 0 aromatic heterocycles. The van der Waals surface area contributed by atoms with Gasteiger partial charge in [-0.2, -0.15) is 17.0 Å². The molecule has 0 N–H and O–H groups in total. The summed E-state index contributed by atoms with van der Waals surface area (Å²) in [6.45, 7) is 0.769. The lowest BCUT2D eigenvalue weighted by Crippen LogP contribution is -2.01. The van der Waals surface area contributed by atoms with Gasteiger partial charge in [0.2, 0.25) is 0 Å². The van der Waals surface area contributed by atoms with E-state index < -0.39 is 0 Å². The number of thioether (sulfide) groups is 1. The monoisotopic (exact) mass is 261 g/mol. The highest BCUT2D eigenvalue weighted by atomic mass is 32.2.